The van der Waals surface area contributed by atoms with Crippen LogP contribution < -0.4 is 16.8 Å². The number of amides is 2. The largest absolute Gasteiger partial charge is 0.396 e. The van der Waals surface area contributed by atoms with Crippen molar-refractivity contribution in [3.8, 4) is 0 Å². The highest BCUT2D eigenvalue weighted by atomic mass is 16.2. The van der Waals surface area contributed by atoms with E-state index in [0.717, 1.165) is 19.1 Å². The molecule has 1 aliphatic rings. The summed E-state index contributed by atoms with van der Waals surface area (Å²) in [6.07, 6.45) is 4.19. The predicted octanol–water partition coefficient (Wildman–Crippen LogP) is 0.441. The van der Waals surface area contributed by atoms with Gasteiger partial charge in [-0.1, -0.05) is 6.92 Å². The monoisotopic (exact) mass is 304 g/mol. The summed E-state index contributed by atoms with van der Waals surface area (Å²) < 4.78 is 0. The molecule has 118 valence electrons. The number of hydrogen-bond acceptors (Lipinski definition) is 6. The Labute approximate surface area is 128 Å². The minimum absolute atomic E-state index is 0.0988. The Kier molecular flexibility index (Phi) is 4.59. The van der Waals surface area contributed by atoms with E-state index < -0.39 is 11.8 Å². The van der Waals surface area contributed by atoms with Crippen LogP contribution in [0.3, 0.4) is 0 Å². The molecule has 1 aromatic rings. The average Bonchev–Trinajstić information content (AvgIpc) is 2.50. The van der Waals surface area contributed by atoms with Gasteiger partial charge in [0.1, 0.15) is 5.82 Å². The van der Waals surface area contributed by atoms with Crippen molar-refractivity contribution in [3.05, 3.63) is 11.8 Å². The van der Waals surface area contributed by atoms with Crippen molar-refractivity contribution in [1.82, 2.24) is 9.88 Å². The van der Waals surface area contributed by atoms with Crippen molar-refractivity contribution >= 4 is 35.2 Å². The lowest BCUT2D eigenvalue weighted by molar-refractivity contribution is -0.144. The fourth-order valence-corrected chi connectivity index (χ4v) is 2.50. The lowest BCUT2D eigenvalue weighted by atomic mass is 10.0. The molecule has 0 bridgehead atoms. The number of rotatable bonds is 2. The van der Waals surface area contributed by atoms with Gasteiger partial charge in [0.25, 0.3) is 0 Å². The highest BCUT2D eigenvalue weighted by Gasteiger charge is 2.26. The Morgan fingerprint density at radius 3 is 2.86 bits per heavy atom. The van der Waals surface area contributed by atoms with Crippen LogP contribution in [0.5, 0.6) is 0 Å². The third-order valence-electron chi connectivity index (χ3n) is 3.72. The van der Waals surface area contributed by atoms with Crippen LogP contribution >= 0.6 is 0 Å². The molecule has 8 heteroatoms. The Hall–Kier alpha value is -2.64. The summed E-state index contributed by atoms with van der Waals surface area (Å²) in [6, 6.07) is 0. The van der Waals surface area contributed by atoms with Gasteiger partial charge < -0.3 is 27.1 Å². The Morgan fingerprint density at radius 2 is 2.23 bits per heavy atom. The number of nitrogen functional groups attached to an aromatic ring is 2. The Bertz CT molecular complexity index is 616. The van der Waals surface area contributed by atoms with Gasteiger partial charge in [0.05, 0.1) is 23.1 Å². The molecule has 6 N–H and O–H groups in total. The van der Waals surface area contributed by atoms with Gasteiger partial charge >= 0.3 is 11.8 Å². The normalized spacial score (nSPS) is 17.9. The van der Waals surface area contributed by atoms with Crippen LogP contribution in [0.15, 0.2) is 6.20 Å². The van der Waals surface area contributed by atoms with Crippen LogP contribution in [-0.4, -0.2) is 41.0 Å². The molecule has 2 rings (SSSR count). The molecule has 0 saturated carbocycles. The number of pyridine rings is 1. The van der Waals surface area contributed by atoms with Gasteiger partial charge in [-0.2, -0.15) is 0 Å². The maximum atomic E-state index is 12.2. The van der Waals surface area contributed by atoms with Crippen LogP contribution in [0.25, 0.3) is 0 Å². The molecule has 1 saturated heterocycles. The molecular weight excluding hydrogens is 284 g/mol. The van der Waals surface area contributed by atoms with E-state index >= 15 is 0 Å². The van der Waals surface area contributed by atoms with E-state index in [4.69, 9.17) is 16.9 Å². The summed E-state index contributed by atoms with van der Waals surface area (Å²) >= 11 is 0. The zero-order chi connectivity index (χ0) is 16.3. The molecule has 2 heterocycles. The number of carbonyl (C=O) groups is 2. The standard InChI is InChI=1S/C14H20N6O2/c1-8-3-2-4-20(7-8)14(22)13(21)19-10-6-18-12(17)9(5-15)11(10)16/h5-6,8,15H,2-4,7H2,1H3,(H,19,21)(H4,16,17,18). The third-order valence-corrected chi connectivity index (χ3v) is 3.72. The van der Waals surface area contributed by atoms with E-state index in [2.05, 4.69) is 17.2 Å². The van der Waals surface area contributed by atoms with Crippen LogP contribution in [0.1, 0.15) is 25.3 Å². The summed E-state index contributed by atoms with van der Waals surface area (Å²) in [6.45, 7) is 3.21. The molecule has 1 atom stereocenters. The number of nitrogens with two attached hydrogens (primary N) is 2. The number of anilines is 3. The fourth-order valence-electron chi connectivity index (χ4n) is 2.50. The van der Waals surface area contributed by atoms with E-state index in [1.807, 2.05) is 0 Å². The molecule has 1 unspecified atom stereocenters. The van der Waals surface area contributed by atoms with Gasteiger partial charge in [-0.25, -0.2) is 4.98 Å². The second-order valence-electron chi connectivity index (χ2n) is 5.48. The summed E-state index contributed by atoms with van der Waals surface area (Å²) in [5.74, 6) is -0.859. The van der Waals surface area contributed by atoms with Crippen LogP contribution in [-0.2, 0) is 9.59 Å². The minimum atomic E-state index is -0.761. The lowest BCUT2D eigenvalue weighted by Gasteiger charge is -2.30. The van der Waals surface area contributed by atoms with Crippen LogP contribution in [0, 0.1) is 11.3 Å². The summed E-state index contributed by atoms with van der Waals surface area (Å²) in [5.41, 5.74) is 11.9. The number of nitrogens with zero attached hydrogens (tertiary/aromatic N) is 2. The summed E-state index contributed by atoms with van der Waals surface area (Å²) in [7, 11) is 0. The summed E-state index contributed by atoms with van der Waals surface area (Å²) in [4.78, 5) is 29.6. The van der Waals surface area contributed by atoms with Gasteiger partial charge in [-0.15, -0.1) is 0 Å². The lowest BCUT2D eigenvalue weighted by Crippen LogP contribution is -2.44. The van der Waals surface area contributed by atoms with Gasteiger partial charge in [0.15, 0.2) is 0 Å². The second-order valence-corrected chi connectivity index (χ2v) is 5.48. The molecule has 2 amide bonds. The van der Waals surface area contributed by atoms with Gasteiger partial charge in [-0.3, -0.25) is 9.59 Å². The molecule has 0 radical (unpaired) electrons. The number of nitrogens with one attached hydrogen (secondary N) is 2. The highest BCUT2D eigenvalue weighted by molar-refractivity contribution is 6.39. The zero-order valence-corrected chi connectivity index (χ0v) is 12.4. The first-order valence-electron chi connectivity index (χ1n) is 7.08. The van der Waals surface area contributed by atoms with Crippen molar-refractivity contribution in [1.29, 1.82) is 5.41 Å². The number of aromatic nitrogens is 1. The Morgan fingerprint density at radius 1 is 1.50 bits per heavy atom. The van der Waals surface area contributed by atoms with Crippen molar-refractivity contribution in [2.75, 3.05) is 29.9 Å². The van der Waals surface area contributed by atoms with Gasteiger partial charge in [0.2, 0.25) is 0 Å². The fraction of sp³-hybridized carbons (Fsp3) is 0.429. The molecule has 8 nitrogen and oxygen atoms in total. The molecule has 0 aromatic carbocycles. The van der Waals surface area contributed by atoms with Crippen molar-refractivity contribution in [2.45, 2.75) is 19.8 Å². The van der Waals surface area contributed by atoms with Crippen LogP contribution in [0.4, 0.5) is 17.2 Å². The molecular formula is C14H20N6O2. The molecule has 22 heavy (non-hydrogen) atoms. The number of likely N-dealkylation sites (tertiary alicyclic amines) is 1. The topological polar surface area (TPSA) is 138 Å². The first kappa shape index (κ1) is 15.7. The van der Waals surface area contributed by atoms with Crippen LogP contribution in [0.2, 0.25) is 0 Å². The predicted molar refractivity (Wildman–Crippen MR) is 84.6 cm³/mol. The quantitative estimate of drug-likeness (QED) is 0.464. The first-order valence-corrected chi connectivity index (χ1v) is 7.08. The second kappa shape index (κ2) is 6.42. The average molecular weight is 304 g/mol. The Balaban J connectivity index is 2.12. The van der Waals surface area contributed by atoms with Gasteiger partial charge in [0, 0.05) is 19.3 Å². The molecule has 0 aliphatic carbocycles. The van der Waals surface area contributed by atoms with Crippen molar-refractivity contribution in [2.24, 2.45) is 5.92 Å². The highest BCUT2D eigenvalue weighted by Crippen LogP contribution is 2.24. The van der Waals surface area contributed by atoms with E-state index in [1.54, 1.807) is 4.90 Å². The number of carbonyl (C=O) groups excluding carboxylic acids is 2. The smallest absolute Gasteiger partial charge is 0.314 e. The molecule has 1 fully saturated rings. The van der Waals surface area contributed by atoms with E-state index in [0.29, 0.717) is 19.0 Å². The van der Waals surface area contributed by atoms with E-state index in [9.17, 15) is 9.59 Å². The minimum Gasteiger partial charge on any atom is -0.396 e. The van der Waals surface area contributed by atoms with Crippen molar-refractivity contribution in [3.63, 3.8) is 0 Å². The number of piperidine rings is 1. The molecule has 0 spiro atoms. The summed E-state index contributed by atoms with van der Waals surface area (Å²) in [5, 5.41) is 9.71. The zero-order valence-electron chi connectivity index (χ0n) is 12.4. The third kappa shape index (κ3) is 3.16. The van der Waals surface area contributed by atoms with Crippen molar-refractivity contribution < 1.29 is 9.59 Å². The number of hydrogen-bond donors (Lipinski definition) is 4. The van der Waals surface area contributed by atoms with Gasteiger partial charge in [-0.05, 0) is 18.8 Å². The maximum absolute atomic E-state index is 12.2. The maximum Gasteiger partial charge on any atom is 0.314 e. The molecule has 1 aliphatic heterocycles. The first-order chi connectivity index (χ1) is 10.4. The van der Waals surface area contributed by atoms with E-state index in [-0.39, 0.29) is 22.8 Å². The molecule has 1 aromatic heterocycles. The SMILES string of the molecule is CC1CCCN(C(=O)C(=O)Nc2cnc(N)c(C=N)c2N)C1. The van der Waals surface area contributed by atoms with E-state index in [1.165, 1.54) is 6.20 Å².